The highest BCUT2D eigenvalue weighted by atomic mass is 32.2. The molecule has 5 nitrogen and oxygen atoms in total. The number of thiazole rings is 1. The molecule has 0 spiro atoms. The summed E-state index contributed by atoms with van der Waals surface area (Å²) in [5.74, 6) is 0. The molecule has 0 aliphatic carbocycles. The van der Waals surface area contributed by atoms with Gasteiger partial charge in [0, 0.05) is 17.1 Å². The van der Waals surface area contributed by atoms with Gasteiger partial charge in [-0.1, -0.05) is 0 Å². The molecular formula is C9H7N3O2S2. The minimum atomic E-state index is -0.463. The fourth-order valence-electron chi connectivity index (χ4n) is 1.01. The molecule has 0 saturated carbocycles. The smallest absolute Gasteiger partial charge is 0.258 e. The molecule has 82 valence electrons. The van der Waals surface area contributed by atoms with Crippen molar-refractivity contribution < 1.29 is 4.92 Å². The normalized spacial score (nSPS) is 10.3. The first-order valence-corrected chi connectivity index (χ1v) is 6.05. The van der Waals surface area contributed by atoms with Gasteiger partial charge in [0.05, 0.1) is 4.92 Å². The molecule has 0 amide bonds. The molecule has 16 heavy (non-hydrogen) atoms. The quantitative estimate of drug-likeness (QED) is 0.621. The van der Waals surface area contributed by atoms with Crippen LogP contribution in [0.25, 0.3) is 0 Å². The van der Waals surface area contributed by atoms with Crippen LogP contribution in [0.3, 0.4) is 0 Å². The molecule has 7 heteroatoms. The van der Waals surface area contributed by atoms with Crippen LogP contribution in [0.15, 0.2) is 33.1 Å². The number of aromatic nitrogens is 2. The third kappa shape index (κ3) is 2.56. The van der Waals surface area contributed by atoms with Crippen molar-refractivity contribution in [1.82, 2.24) is 9.97 Å². The molecule has 2 heterocycles. The van der Waals surface area contributed by atoms with Crippen molar-refractivity contribution in [3.63, 3.8) is 0 Å². The van der Waals surface area contributed by atoms with Crippen LogP contribution < -0.4 is 0 Å². The van der Waals surface area contributed by atoms with Crippen LogP contribution >= 0.6 is 23.1 Å². The lowest BCUT2D eigenvalue weighted by atomic mass is 10.4. The van der Waals surface area contributed by atoms with E-state index in [2.05, 4.69) is 9.97 Å². The van der Waals surface area contributed by atoms with Crippen LogP contribution in [0, 0.1) is 17.0 Å². The van der Waals surface area contributed by atoms with E-state index in [-0.39, 0.29) is 5.69 Å². The molecule has 0 fully saturated rings. The second-order valence-electron chi connectivity index (χ2n) is 2.97. The van der Waals surface area contributed by atoms with E-state index >= 15 is 0 Å². The van der Waals surface area contributed by atoms with Crippen molar-refractivity contribution in [2.75, 3.05) is 0 Å². The summed E-state index contributed by atoms with van der Waals surface area (Å²) in [5.41, 5.74) is 0.967. The van der Waals surface area contributed by atoms with Crippen LogP contribution in [-0.2, 0) is 0 Å². The number of hydrogen-bond donors (Lipinski definition) is 0. The maximum Gasteiger partial charge on any atom is 0.287 e. The fraction of sp³-hybridized carbons (Fsp3) is 0.111. The lowest BCUT2D eigenvalue weighted by molar-refractivity contribution is -0.385. The van der Waals surface area contributed by atoms with E-state index in [0.29, 0.717) is 5.03 Å². The predicted molar refractivity (Wildman–Crippen MR) is 61.9 cm³/mol. The van der Waals surface area contributed by atoms with Crippen molar-refractivity contribution >= 4 is 28.8 Å². The van der Waals surface area contributed by atoms with Crippen LogP contribution in [-0.4, -0.2) is 14.9 Å². The molecule has 0 bridgehead atoms. The van der Waals surface area contributed by atoms with Gasteiger partial charge in [-0.15, -0.1) is 11.3 Å². The van der Waals surface area contributed by atoms with Gasteiger partial charge in [-0.3, -0.25) is 10.1 Å². The molecule has 0 aromatic carbocycles. The Labute approximate surface area is 99.7 Å². The van der Waals surface area contributed by atoms with Gasteiger partial charge in [-0.25, -0.2) is 9.97 Å². The Balaban J connectivity index is 2.14. The van der Waals surface area contributed by atoms with Crippen molar-refractivity contribution in [2.45, 2.75) is 16.3 Å². The Hall–Kier alpha value is -1.47. The maximum absolute atomic E-state index is 10.4. The van der Waals surface area contributed by atoms with Crippen LogP contribution in [0.4, 0.5) is 5.69 Å². The van der Waals surface area contributed by atoms with E-state index in [4.69, 9.17) is 0 Å². The number of aryl methyl sites for hydroxylation is 1. The van der Waals surface area contributed by atoms with E-state index in [9.17, 15) is 10.1 Å². The van der Waals surface area contributed by atoms with Crippen LogP contribution in [0.1, 0.15) is 5.69 Å². The first-order valence-electron chi connectivity index (χ1n) is 4.35. The second kappa shape index (κ2) is 4.58. The summed E-state index contributed by atoms with van der Waals surface area (Å²) >= 11 is 2.94. The van der Waals surface area contributed by atoms with Crippen molar-refractivity contribution in [1.29, 1.82) is 0 Å². The first-order chi connectivity index (χ1) is 7.65. The largest absolute Gasteiger partial charge is 0.287 e. The Bertz CT molecular complexity index is 510. The molecule has 0 aliphatic heterocycles. The Morgan fingerprint density at radius 1 is 1.50 bits per heavy atom. The van der Waals surface area contributed by atoms with Gasteiger partial charge in [-0.2, -0.15) is 0 Å². The number of hydrogen-bond acceptors (Lipinski definition) is 6. The monoisotopic (exact) mass is 253 g/mol. The van der Waals surface area contributed by atoms with E-state index in [0.717, 1.165) is 10.0 Å². The van der Waals surface area contributed by atoms with Gasteiger partial charge >= 0.3 is 0 Å². The van der Waals surface area contributed by atoms with Gasteiger partial charge in [0.15, 0.2) is 4.34 Å². The summed E-state index contributed by atoms with van der Waals surface area (Å²) in [7, 11) is 0. The molecule has 0 aliphatic rings. The first kappa shape index (κ1) is 11.0. The van der Waals surface area contributed by atoms with E-state index < -0.39 is 4.92 Å². The molecule has 0 N–H and O–H groups in total. The molecular weight excluding hydrogens is 246 g/mol. The number of nitrogens with zero attached hydrogens (tertiary/aromatic N) is 3. The summed E-state index contributed by atoms with van der Waals surface area (Å²) in [6.07, 6.45) is 1.25. The Kier molecular flexibility index (Phi) is 3.16. The van der Waals surface area contributed by atoms with E-state index in [1.807, 2.05) is 12.3 Å². The highest BCUT2D eigenvalue weighted by Gasteiger charge is 2.07. The van der Waals surface area contributed by atoms with Crippen molar-refractivity contribution in [3.8, 4) is 0 Å². The maximum atomic E-state index is 10.4. The summed E-state index contributed by atoms with van der Waals surface area (Å²) < 4.78 is 0.888. The van der Waals surface area contributed by atoms with Gasteiger partial charge in [0.1, 0.15) is 11.2 Å². The predicted octanol–water partition coefficient (Wildman–Crippen LogP) is 2.91. The number of pyridine rings is 1. The van der Waals surface area contributed by atoms with Gasteiger partial charge in [-0.05, 0) is 24.8 Å². The highest BCUT2D eigenvalue weighted by molar-refractivity contribution is 8.01. The SMILES string of the molecule is Cc1csc(Sc2ccc([N+](=O)[O-])cn2)n1. The minimum Gasteiger partial charge on any atom is -0.258 e. The Morgan fingerprint density at radius 2 is 2.31 bits per heavy atom. The third-order valence-electron chi connectivity index (χ3n) is 1.72. The van der Waals surface area contributed by atoms with Gasteiger partial charge in [0.2, 0.25) is 0 Å². The van der Waals surface area contributed by atoms with Crippen LogP contribution in [0.5, 0.6) is 0 Å². The number of nitro groups is 1. The zero-order valence-corrected chi connectivity index (χ0v) is 9.92. The summed E-state index contributed by atoms with van der Waals surface area (Å²) in [5, 5.41) is 13.1. The minimum absolute atomic E-state index is 0.000306. The lowest BCUT2D eigenvalue weighted by Crippen LogP contribution is -1.89. The zero-order valence-electron chi connectivity index (χ0n) is 8.28. The molecule has 2 aromatic rings. The van der Waals surface area contributed by atoms with Gasteiger partial charge in [0.25, 0.3) is 5.69 Å². The summed E-state index contributed by atoms with van der Waals surface area (Å²) in [6, 6.07) is 3.06. The molecule has 0 radical (unpaired) electrons. The lowest BCUT2D eigenvalue weighted by Gasteiger charge is -1.95. The zero-order chi connectivity index (χ0) is 11.5. The van der Waals surface area contributed by atoms with E-state index in [1.165, 1.54) is 35.4 Å². The average Bonchev–Trinajstić information content (AvgIpc) is 2.65. The number of rotatable bonds is 3. The van der Waals surface area contributed by atoms with Crippen LogP contribution in [0.2, 0.25) is 0 Å². The van der Waals surface area contributed by atoms with Crippen molar-refractivity contribution in [3.05, 3.63) is 39.5 Å². The molecule has 2 aromatic heterocycles. The molecule has 0 unspecified atom stereocenters. The molecule has 2 rings (SSSR count). The topological polar surface area (TPSA) is 68.9 Å². The van der Waals surface area contributed by atoms with Gasteiger partial charge < -0.3 is 0 Å². The second-order valence-corrected chi connectivity index (χ2v) is 5.09. The Morgan fingerprint density at radius 3 is 2.81 bits per heavy atom. The third-order valence-corrected chi connectivity index (χ3v) is 3.73. The summed E-state index contributed by atoms with van der Waals surface area (Å²) in [6.45, 7) is 1.92. The standard InChI is InChI=1S/C9H7N3O2S2/c1-6-5-15-9(11-6)16-8-3-2-7(4-10-8)12(13)14/h2-5H,1H3. The average molecular weight is 253 g/mol. The summed E-state index contributed by atoms with van der Waals surface area (Å²) in [4.78, 5) is 18.2. The van der Waals surface area contributed by atoms with Crippen molar-refractivity contribution in [2.24, 2.45) is 0 Å². The highest BCUT2D eigenvalue weighted by Crippen LogP contribution is 2.29. The van der Waals surface area contributed by atoms with E-state index in [1.54, 1.807) is 6.07 Å². The molecule has 0 atom stereocenters. The fourth-order valence-corrected chi connectivity index (χ4v) is 2.73. The molecule has 0 saturated heterocycles.